The molecule has 0 bridgehead atoms. The van der Waals surface area contributed by atoms with Crippen molar-refractivity contribution in [1.29, 1.82) is 0 Å². The van der Waals surface area contributed by atoms with Crippen LogP contribution in [-0.4, -0.2) is 6.29 Å². The van der Waals surface area contributed by atoms with Gasteiger partial charge in [0.2, 0.25) is 0 Å². The SMILES string of the molecule is CCCCCCCC/C=C\C(C)(C)C=O. The molecule has 0 fully saturated rings. The van der Waals surface area contributed by atoms with Crippen molar-refractivity contribution in [2.75, 3.05) is 0 Å². The summed E-state index contributed by atoms with van der Waals surface area (Å²) in [4.78, 5) is 10.6. The summed E-state index contributed by atoms with van der Waals surface area (Å²) < 4.78 is 0. The van der Waals surface area contributed by atoms with Crippen molar-refractivity contribution in [3.8, 4) is 0 Å². The number of rotatable bonds is 9. The number of hydrogen-bond donors (Lipinski definition) is 0. The Morgan fingerprint density at radius 2 is 1.60 bits per heavy atom. The maximum absolute atomic E-state index is 10.6. The van der Waals surface area contributed by atoms with Crippen LogP contribution < -0.4 is 0 Å². The van der Waals surface area contributed by atoms with Crippen LogP contribution in [0.3, 0.4) is 0 Å². The molecule has 88 valence electrons. The van der Waals surface area contributed by atoms with Gasteiger partial charge < -0.3 is 4.79 Å². The Hall–Kier alpha value is -0.590. The third kappa shape index (κ3) is 9.71. The molecular formula is C14H26O. The number of carbonyl (C=O) groups excluding carboxylic acids is 1. The smallest absolute Gasteiger partial charge is 0.129 e. The normalized spacial score (nSPS) is 12.2. The van der Waals surface area contributed by atoms with Crippen molar-refractivity contribution in [2.45, 2.75) is 65.7 Å². The number of hydrogen-bond acceptors (Lipinski definition) is 1. The van der Waals surface area contributed by atoms with Gasteiger partial charge in [-0.2, -0.15) is 0 Å². The van der Waals surface area contributed by atoms with Crippen molar-refractivity contribution < 1.29 is 4.79 Å². The van der Waals surface area contributed by atoms with Gasteiger partial charge in [-0.25, -0.2) is 0 Å². The highest BCUT2D eigenvalue weighted by molar-refractivity contribution is 5.61. The molecule has 0 N–H and O–H groups in total. The molecule has 0 heterocycles. The van der Waals surface area contributed by atoms with Crippen LogP contribution >= 0.6 is 0 Å². The topological polar surface area (TPSA) is 17.1 Å². The number of unbranched alkanes of at least 4 members (excludes halogenated alkanes) is 6. The molecule has 15 heavy (non-hydrogen) atoms. The molecule has 0 atom stereocenters. The highest BCUT2D eigenvalue weighted by atomic mass is 16.1. The van der Waals surface area contributed by atoms with E-state index in [1.165, 1.54) is 38.5 Å². The minimum Gasteiger partial charge on any atom is -0.302 e. The monoisotopic (exact) mass is 210 g/mol. The molecule has 1 nitrogen and oxygen atoms in total. The Balaban J connectivity index is 3.34. The van der Waals surface area contributed by atoms with Crippen LogP contribution in [0.5, 0.6) is 0 Å². The van der Waals surface area contributed by atoms with Gasteiger partial charge in [-0.15, -0.1) is 0 Å². The molecule has 0 aromatic carbocycles. The molecule has 0 aliphatic carbocycles. The van der Waals surface area contributed by atoms with Crippen LogP contribution in [-0.2, 0) is 4.79 Å². The first-order chi connectivity index (χ1) is 7.12. The van der Waals surface area contributed by atoms with E-state index in [1.807, 2.05) is 19.9 Å². The summed E-state index contributed by atoms with van der Waals surface area (Å²) in [6.45, 7) is 6.12. The number of allylic oxidation sites excluding steroid dienone is 2. The van der Waals surface area contributed by atoms with E-state index < -0.39 is 0 Å². The second kappa shape index (κ2) is 8.70. The Morgan fingerprint density at radius 1 is 1.00 bits per heavy atom. The summed E-state index contributed by atoms with van der Waals surface area (Å²) in [5.74, 6) is 0. The van der Waals surface area contributed by atoms with Crippen LogP contribution in [0.1, 0.15) is 65.7 Å². The Bertz CT molecular complexity index is 180. The van der Waals surface area contributed by atoms with Gasteiger partial charge in [0, 0.05) is 5.41 Å². The van der Waals surface area contributed by atoms with Crippen molar-refractivity contribution >= 4 is 6.29 Å². The first kappa shape index (κ1) is 14.4. The predicted molar refractivity (Wildman–Crippen MR) is 67.0 cm³/mol. The maximum Gasteiger partial charge on any atom is 0.129 e. The van der Waals surface area contributed by atoms with E-state index in [9.17, 15) is 4.79 Å². The summed E-state index contributed by atoms with van der Waals surface area (Å²) in [6, 6.07) is 0. The molecule has 0 spiro atoms. The molecule has 0 unspecified atom stereocenters. The quantitative estimate of drug-likeness (QED) is 0.311. The number of aldehydes is 1. The summed E-state index contributed by atoms with van der Waals surface area (Å²) >= 11 is 0. The fourth-order valence-corrected chi connectivity index (χ4v) is 1.47. The molecule has 0 radical (unpaired) electrons. The van der Waals surface area contributed by atoms with Gasteiger partial charge in [-0.3, -0.25) is 0 Å². The minimum absolute atomic E-state index is 0.276. The molecule has 0 aromatic rings. The lowest BCUT2D eigenvalue weighted by Gasteiger charge is -2.09. The minimum atomic E-state index is -0.276. The summed E-state index contributed by atoms with van der Waals surface area (Å²) in [6.07, 6.45) is 14.3. The Morgan fingerprint density at radius 3 is 2.20 bits per heavy atom. The van der Waals surface area contributed by atoms with Crippen molar-refractivity contribution in [1.82, 2.24) is 0 Å². The van der Waals surface area contributed by atoms with Gasteiger partial charge in [0.1, 0.15) is 6.29 Å². The highest BCUT2D eigenvalue weighted by Crippen LogP contribution is 2.14. The van der Waals surface area contributed by atoms with E-state index >= 15 is 0 Å². The lowest BCUT2D eigenvalue weighted by molar-refractivity contribution is -0.112. The molecule has 0 aliphatic heterocycles. The fourth-order valence-electron chi connectivity index (χ4n) is 1.47. The van der Waals surface area contributed by atoms with E-state index in [2.05, 4.69) is 13.0 Å². The Kier molecular flexibility index (Phi) is 8.35. The average Bonchev–Trinajstić information content (AvgIpc) is 2.22. The largest absolute Gasteiger partial charge is 0.302 e. The van der Waals surface area contributed by atoms with Crippen LogP contribution in [0.2, 0.25) is 0 Å². The van der Waals surface area contributed by atoms with Gasteiger partial charge in [-0.05, 0) is 26.7 Å². The highest BCUT2D eigenvalue weighted by Gasteiger charge is 2.09. The van der Waals surface area contributed by atoms with Crippen molar-refractivity contribution in [2.24, 2.45) is 5.41 Å². The molecular weight excluding hydrogens is 184 g/mol. The predicted octanol–water partition coefficient (Wildman–Crippen LogP) is 4.52. The van der Waals surface area contributed by atoms with Gasteiger partial charge in [0.25, 0.3) is 0 Å². The van der Waals surface area contributed by atoms with Gasteiger partial charge >= 0.3 is 0 Å². The third-order valence-corrected chi connectivity index (χ3v) is 2.58. The number of carbonyl (C=O) groups is 1. The second-order valence-electron chi connectivity index (χ2n) is 4.90. The first-order valence-electron chi connectivity index (χ1n) is 6.26. The summed E-state index contributed by atoms with van der Waals surface area (Å²) in [5.41, 5.74) is -0.276. The third-order valence-electron chi connectivity index (χ3n) is 2.58. The molecule has 1 heteroatoms. The molecule has 0 rings (SSSR count). The van der Waals surface area contributed by atoms with Gasteiger partial charge in [0.05, 0.1) is 0 Å². The maximum atomic E-state index is 10.6. The van der Waals surface area contributed by atoms with Crippen molar-refractivity contribution in [3.05, 3.63) is 12.2 Å². The average molecular weight is 210 g/mol. The zero-order valence-corrected chi connectivity index (χ0v) is 10.6. The molecule has 0 aromatic heterocycles. The van der Waals surface area contributed by atoms with Gasteiger partial charge in [0.15, 0.2) is 0 Å². The van der Waals surface area contributed by atoms with Crippen LogP contribution in [0.15, 0.2) is 12.2 Å². The summed E-state index contributed by atoms with van der Waals surface area (Å²) in [7, 11) is 0. The molecule has 0 amide bonds. The van der Waals surface area contributed by atoms with Crippen LogP contribution in [0.4, 0.5) is 0 Å². The van der Waals surface area contributed by atoms with E-state index in [1.54, 1.807) is 0 Å². The van der Waals surface area contributed by atoms with E-state index in [-0.39, 0.29) is 5.41 Å². The lowest BCUT2D eigenvalue weighted by atomic mass is 9.95. The standard InChI is InChI=1S/C14H26O/c1-4-5-6-7-8-9-10-11-12-14(2,3)13-15/h11-13H,4-10H2,1-3H3/b12-11-. The fraction of sp³-hybridized carbons (Fsp3) is 0.786. The summed E-state index contributed by atoms with van der Waals surface area (Å²) in [5, 5.41) is 0. The molecule has 0 aliphatic rings. The Labute approximate surface area is 95.0 Å². The molecule has 0 saturated heterocycles. The van der Waals surface area contributed by atoms with E-state index in [4.69, 9.17) is 0 Å². The first-order valence-corrected chi connectivity index (χ1v) is 6.26. The van der Waals surface area contributed by atoms with Crippen LogP contribution in [0, 0.1) is 5.41 Å². The zero-order chi connectivity index (χ0) is 11.6. The van der Waals surface area contributed by atoms with E-state index in [0.717, 1.165) is 12.7 Å². The van der Waals surface area contributed by atoms with E-state index in [0.29, 0.717) is 0 Å². The second-order valence-corrected chi connectivity index (χ2v) is 4.90. The zero-order valence-electron chi connectivity index (χ0n) is 10.6. The van der Waals surface area contributed by atoms with Crippen LogP contribution in [0.25, 0.3) is 0 Å². The van der Waals surface area contributed by atoms with Crippen molar-refractivity contribution in [3.63, 3.8) is 0 Å². The van der Waals surface area contributed by atoms with Gasteiger partial charge in [-0.1, -0.05) is 51.2 Å². The molecule has 0 saturated carbocycles. The lowest BCUT2D eigenvalue weighted by Crippen LogP contribution is -2.07.